The molecule has 0 aliphatic heterocycles. The highest BCUT2D eigenvalue weighted by Gasteiger charge is 2.04. The molecule has 0 amide bonds. The largest absolute Gasteiger partial charge is 0.356 e. The van der Waals surface area contributed by atoms with E-state index in [1.807, 2.05) is 48.5 Å². The first-order chi connectivity index (χ1) is 8.66. The molecule has 2 aromatic carbocycles. The smallest absolute Gasteiger partial charge is 0.229 e. The van der Waals surface area contributed by atoms with Crippen molar-refractivity contribution in [2.24, 2.45) is 0 Å². The van der Waals surface area contributed by atoms with Crippen LogP contribution in [0.2, 0.25) is 0 Å². The second-order valence-electron chi connectivity index (χ2n) is 3.49. The highest BCUT2D eigenvalue weighted by Crippen LogP contribution is 2.10. The number of aromatic nitrogens is 2. The molecule has 6 heteroatoms. The first-order valence-corrected chi connectivity index (χ1v) is 5.15. The summed E-state index contributed by atoms with van der Waals surface area (Å²) < 4.78 is 0. The molecule has 18 heavy (non-hydrogen) atoms. The molecule has 1 N–H and O–H groups in total. The summed E-state index contributed by atoms with van der Waals surface area (Å²) in [5, 5.41) is 14.8. The monoisotopic (exact) mass is 243 g/mol. The van der Waals surface area contributed by atoms with Gasteiger partial charge in [0.05, 0.1) is 5.09 Å². The average molecular weight is 243 g/mol. The van der Waals surface area contributed by atoms with Gasteiger partial charge in [-0.15, -0.1) is 0 Å². The molecule has 0 fully saturated rings. The fourth-order valence-corrected chi connectivity index (χ4v) is 1.63. The van der Waals surface area contributed by atoms with E-state index in [1.165, 1.54) is 0 Å². The zero-order chi connectivity index (χ0) is 13.0. The summed E-state index contributed by atoms with van der Waals surface area (Å²) in [6.07, 6.45) is 0. The number of nitrogens with zero attached hydrogens (tertiary/aromatic N) is 2. The van der Waals surface area contributed by atoms with Crippen LogP contribution < -0.4 is 4.98 Å². The molecule has 0 aliphatic rings. The third kappa shape index (κ3) is 2.67. The van der Waals surface area contributed by atoms with Crippen LogP contribution in [0.25, 0.3) is 22.1 Å². The lowest BCUT2D eigenvalue weighted by Crippen LogP contribution is -2.06. The first kappa shape index (κ1) is 11.7. The van der Waals surface area contributed by atoms with Crippen molar-refractivity contribution in [3.05, 3.63) is 63.9 Å². The maximum Gasteiger partial charge on any atom is 0.229 e. The summed E-state index contributed by atoms with van der Waals surface area (Å²) in [7, 11) is 0. The molecule has 0 unspecified atom stereocenters. The molecule has 3 aromatic rings. The maximum absolute atomic E-state index is 8.25. The molecule has 1 heterocycles. The van der Waals surface area contributed by atoms with Gasteiger partial charge in [-0.05, 0) is 12.1 Å². The summed E-state index contributed by atoms with van der Waals surface area (Å²) >= 11 is 0. The second-order valence-corrected chi connectivity index (χ2v) is 3.49. The van der Waals surface area contributed by atoms with E-state index in [-0.39, 0.29) is 0 Å². The number of H-pyrrole nitrogens is 1. The highest BCUT2D eigenvalue weighted by atomic mass is 16.9. The van der Waals surface area contributed by atoms with Crippen molar-refractivity contribution >= 4 is 22.1 Å². The van der Waals surface area contributed by atoms with Crippen LogP contribution in [0.1, 0.15) is 0 Å². The highest BCUT2D eigenvalue weighted by molar-refractivity contribution is 5.80. The SMILES string of the molecule is O=[N+]([O-])[O-].c1ccc2[nH+]c3ccccc3nc2c1. The third-order valence-corrected chi connectivity index (χ3v) is 2.32. The van der Waals surface area contributed by atoms with Crippen molar-refractivity contribution in [2.45, 2.75) is 0 Å². The summed E-state index contributed by atoms with van der Waals surface area (Å²) in [6.45, 7) is 0. The first-order valence-electron chi connectivity index (χ1n) is 5.15. The molecule has 0 aliphatic carbocycles. The number of nitrogens with one attached hydrogen (secondary N) is 1. The van der Waals surface area contributed by atoms with E-state index in [2.05, 4.69) is 9.97 Å². The van der Waals surface area contributed by atoms with Gasteiger partial charge in [-0.25, -0.2) is 9.97 Å². The third-order valence-electron chi connectivity index (χ3n) is 2.32. The van der Waals surface area contributed by atoms with Gasteiger partial charge in [0.2, 0.25) is 11.0 Å². The Labute approximate surface area is 102 Å². The van der Waals surface area contributed by atoms with Crippen molar-refractivity contribution in [1.29, 1.82) is 0 Å². The summed E-state index contributed by atoms with van der Waals surface area (Å²) in [6, 6.07) is 16.1. The Hall–Kier alpha value is -2.76. The number of hydrogen-bond donors (Lipinski definition) is 0. The van der Waals surface area contributed by atoms with Gasteiger partial charge < -0.3 is 15.3 Å². The van der Waals surface area contributed by atoms with Crippen LogP contribution in [0.4, 0.5) is 0 Å². The molecular formula is C12H9N3O3. The lowest BCUT2D eigenvalue weighted by atomic mass is 10.2. The van der Waals surface area contributed by atoms with E-state index in [1.54, 1.807) is 0 Å². The van der Waals surface area contributed by atoms with Gasteiger partial charge in [0.1, 0.15) is 11.0 Å². The number of benzene rings is 2. The number of fused-ring (bicyclic) bond motifs is 2. The van der Waals surface area contributed by atoms with E-state index in [9.17, 15) is 0 Å². The van der Waals surface area contributed by atoms with Crippen LogP contribution >= 0.6 is 0 Å². The van der Waals surface area contributed by atoms with Crippen LogP contribution in [-0.4, -0.2) is 10.1 Å². The van der Waals surface area contributed by atoms with Crippen LogP contribution in [0.3, 0.4) is 0 Å². The number of para-hydroxylation sites is 4. The van der Waals surface area contributed by atoms with Crippen LogP contribution in [-0.2, 0) is 0 Å². The molecule has 0 spiro atoms. The number of aromatic amines is 1. The molecule has 0 radical (unpaired) electrons. The Kier molecular flexibility index (Phi) is 3.29. The molecule has 0 atom stereocenters. The van der Waals surface area contributed by atoms with Crippen molar-refractivity contribution < 1.29 is 10.1 Å². The molecule has 0 saturated heterocycles. The average Bonchev–Trinajstić information content (AvgIpc) is 2.35. The zero-order valence-corrected chi connectivity index (χ0v) is 9.24. The van der Waals surface area contributed by atoms with E-state index >= 15 is 0 Å². The maximum atomic E-state index is 8.25. The van der Waals surface area contributed by atoms with Gasteiger partial charge in [0.25, 0.3) is 0 Å². The minimum atomic E-state index is -1.75. The molecule has 0 saturated carbocycles. The van der Waals surface area contributed by atoms with Crippen molar-refractivity contribution in [2.75, 3.05) is 0 Å². The van der Waals surface area contributed by atoms with Gasteiger partial charge in [-0.3, -0.25) is 0 Å². The number of hydrogen-bond acceptors (Lipinski definition) is 4. The van der Waals surface area contributed by atoms with Crippen LogP contribution in [0, 0.1) is 15.3 Å². The Bertz CT molecular complexity index is 591. The Morgan fingerprint density at radius 1 is 0.889 bits per heavy atom. The molecule has 1 aromatic heterocycles. The Morgan fingerprint density at radius 2 is 1.28 bits per heavy atom. The predicted molar refractivity (Wildman–Crippen MR) is 66.2 cm³/mol. The normalized spacial score (nSPS) is 9.78. The van der Waals surface area contributed by atoms with Crippen molar-refractivity contribution in [1.82, 2.24) is 4.98 Å². The van der Waals surface area contributed by atoms with Crippen molar-refractivity contribution in [3.63, 3.8) is 0 Å². The van der Waals surface area contributed by atoms with E-state index in [4.69, 9.17) is 15.3 Å². The lowest BCUT2D eigenvalue weighted by molar-refractivity contribution is -0.402. The minimum Gasteiger partial charge on any atom is -0.356 e. The minimum absolute atomic E-state index is 1.01. The zero-order valence-electron chi connectivity index (χ0n) is 9.24. The van der Waals surface area contributed by atoms with Crippen LogP contribution in [0.5, 0.6) is 0 Å². The molecule has 0 bridgehead atoms. The fraction of sp³-hybridized carbons (Fsp3) is 0. The predicted octanol–water partition coefficient (Wildman–Crippen LogP) is 1.96. The van der Waals surface area contributed by atoms with Gasteiger partial charge in [-0.2, -0.15) is 0 Å². The van der Waals surface area contributed by atoms with Gasteiger partial charge in [0, 0.05) is 12.1 Å². The van der Waals surface area contributed by atoms with Crippen molar-refractivity contribution in [3.8, 4) is 0 Å². The Balaban J connectivity index is 0.000000267. The summed E-state index contributed by atoms with van der Waals surface area (Å²) in [5.74, 6) is 0. The lowest BCUT2D eigenvalue weighted by Gasteiger charge is -1.93. The summed E-state index contributed by atoms with van der Waals surface area (Å²) in [5.41, 5.74) is 4.16. The molecule has 3 rings (SSSR count). The summed E-state index contributed by atoms with van der Waals surface area (Å²) in [4.78, 5) is 16.1. The van der Waals surface area contributed by atoms with Gasteiger partial charge >= 0.3 is 0 Å². The van der Waals surface area contributed by atoms with Gasteiger partial charge in [-0.1, -0.05) is 24.3 Å². The number of rotatable bonds is 0. The quantitative estimate of drug-likeness (QED) is 0.342. The van der Waals surface area contributed by atoms with Crippen LogP contribution in [0.15, 0.2) is 48.5 Å². The topological polar surface area (TPSA) is 93.2 Å². The fourth-order valence-electron chi connectivity index (χ4n) is 1.63. The van der Waals surface area contributed by atoms with E-state index in [0.29, 0.717) is 0 Å². The molecular weight excluding hydrogens is 234 g/mol. The molecule has 6 nitrogen and oxygen atoms in total. The van der Waals surface area contributed by atoms with E-state index in [0.717, 1.165) is 22.1 Å². The van der Waals surface area contributed by atoms with Gasteiger partial charge in [0.15, 0.2) is 0 Å². The second kappa shape index (κ2) is 5.05. The Morgan fingerprint density at radius 3 is 1.72 bits per heavy atom. The standard InChI is InChI=1S/C12H8N2.NO3/c1-2-6-10-9(5-1)13-11-7-3-4-8-12(11)14-10;2-1(3)4/h1-8H;/q;-1/p+1. The molecule has 90 valence electrons. The van der Waals surface area contributed by atoms with E-state index < -0.39 is 5.09 Å².